The topological polar surface area (TPSA) is 64.3 Å². The van der Waals surface area contributed by atoms with E-state index in [-0.39, 0.29) is 11.2 Å². The Morgan fingerprint density at radius 3 is 2.71 bits per heavy atom. The highest BCUT2D eigenvalue weighted by Crippen LogP contribution is 2.23. The number of hydrogen-bond acceptors (Lipinski definition) is 4. The molecule has 94 valence electrons. The minimum atomic E-state index is -0.129. The van der Waals surface area contributed by atoms with Crippen LogP contribution in [0, 0.1) is 0 Å². The summed E-state index contributed by atoms with van der Waals surface area (Å²) in [4.78, 5) is 12.7. The Hall–Kier alpha value is -1.20. The van der Waals surface area contributed by atoms with E-state index in [9.17, 15) is 4.79 Å². The van der Waals surface area contributed by atoms with Gasteiger partial charge in [-0.25, -0.2) is 0 Å². The van der Waals surface area contributed by atoms with Crippen molar-refractivity contribution >= 4 is 23.4 Å². The van der Waals surface area contributed by atoms with Gasteiger partial charge < -0.3 is 15.8 Å². The number of thioether (sulfide) groups is 1. The van der Waals surface area contributed by atoms with E-state index in [1.54, 1.807) is 7.11 Å². The summed E-state index contributed by atoms with van der Waals surface area (Å²) < 4.78 is 4.87. The molecule has 3 N–H and O–H groups in total. The van der Waals surface area contributed by atoms with E-state index < -0.39 is 0 Å². The molecule has 1 amide bonds. The van der Waals surface area contributed by atoms with Crippen LogP contribution in [0.5, 0.6) is 0 Å². The number of nitrogens with two attached hydrogens (primary N) is 1. The molecule has 1 unspecified atom stereocenters. The van der Waals surface area contributed by atoms with Crippen molar-refractivity contribution in [1.29, 1.82) is 0 Å². The van der Waals surface area contributed by atoms with Crippen LogP contribution in [0.3, 0.4) is 0 Å². The average Bonchev–Trinajstić information content (AvgIpc) is 2.32. The van der Waals surface area contributed by atoms with E-state index in [1.165, 1.54) is 11.8 Å². The second kappa shape index (κ2) is 7.19. The minimum Gasteiger partial charge on any atom is -0.399 e. The van der Waals surface area contributed by atoms with E-state index in [4.69, 9.17) is 10.5 Å². The van der Waals surface area contributed by atoms with Gasteiger partial charge in [0.25, 0.3) is 0 Å². The fourth-order valence-corrected chi connectivity index (χ4v) is 2.12. The third-order valence-corrected chi connectivity index (χ3v) is 3.28. The zero-order valence-corrected chi connectivity index (χ0v) is 10.9. The van der Waals surface area contributed by atoms with Gasteiger partial charge in [0.15, 0.2) is 0 Å². The predicted octanol–water partition coefficient (Wildman–Crippen LogP) is 1.51. The van der Waals surface area contributed by atoms with Crippen LogP contribution in [-0.2, 0) is 9.53 Å². The maximum Gasteiger partial charge on any atom is 0.233 e. The molecule has 0 saturated carbocycles. The summed E-state index contributed by atoms with van der Waals surface area (Å²) in [6, 6.07) is 7.49. The first-order chi connectivity index (χ1) is 8.13. The molecule has 4 nitrogen and oxygen atoms in total. The number of rotatable bonds is 6. The van der Waals surface area contributed by atoms with Gasteiger partial charge >= 0.3 is 0 Å². The van der Waals surface area contributed by atoms with Gasteiger partial charge in [-0.1, -0.05) is 0 Å². The second-order valence-electron chi connectivity index (χ2n) is 3.61. The van der Waals surface area contributed by atoms with Gasteiger partial charge in [-0.05, 0) is 31.2 Å². The monoisotopic (exact) mass is 254 g/mol. The van der Waals surface area contributed by atoms with Crippen molar-refractivity contribution in [3.8, 4) is 0 Å². The Morgan fingerprint density at radius 1 is 1.47 bits per heavy atom. The van der Waals surface area contributed by atoms with Gasteiger partial charge in [-0.2, -0.15) is 0 Å². The van der Waals surface area contributed by atoms with Gasteiger partial charge in [-0.3, -0.25) is 4.79 Å². The zero-order chi connectivity index (χ0) is 12.7. The van der Waals surface area contributed by atoms with Crippen molar-refractivity contribution in [1.82, 2.24) is 5.32 Å². The van der Waals surface area contributed by atoms with E-state index >= 15 is 0 Å². The standard InChI is InChI=1S/C12H18N2O2S/c1-9(12(15)14-7-8-16-2)17-11-5-3-10(13)4-6-11/h3-6,9H,7-8,13H2,1-2H3,(H,14,15). The molecule has 5 heteroatoms. The maximum atomic E-state index is 11.7. The van der Waals surface area contributed by atoms with Crippen LogP contribution in [0.2, 0.25) is 0 Å². The van der Waals surface area contributed by atoms with E-state index in [0.29, 0.717) is 13.2 Å². The first kappa shape index (κ1) is 13.9. The number of nitrogens with one attached hydrogen (secondary N) is 1. The number of benzene rings is 1. The lowest BCUT2D eigenvalue weighted by Gasteiger charge is -2.11. The number of anilines is 1. The van der Waals surface area contributed by atoms with Gasteiger partial charge in [-0.15, -0.1) is 11.8 Å². The molecule has 0 saturated heterocycles. The first-order valence-electron chi connectivity index (χ1n) is 5.42. The molecule has 1 aromatic carbocycles. The molecule has 0 aliphatic rings. The summed E-state index contributed by atoms with van der Waals surface area (Å²) >= 11 is 1.51. The fraction of sp³-hybridized carbons (Fsp3) is 0.417. The number of nitrogen functional groups attached to an aromatic ring is 1. The predicted molar refractivity (Wildman–Crippen MR) is 71.1 cm³/mol. The van der Waals surface area contributed by atoms with Crippen LogP contribution in [0.25, 0.3) is 0 Å². The molecule has 1 atom stereocenters. The Balaban J connectivity index is 2.40. The molecule has 0 heterocycles. The molecule has 0 fully saturated rings. The highest BCUT2D eigenvalue weighted by atomic mass is 32.2. The number of ether oxygens (including phenoxy) is 1. The van der Waals surface area contributed by atoms with Crippen LogP contribution in [0.4, 0.5) is 5.69 Å². The van der Waals surface area contributed by atoms with Gasteiger partial charge in [0, 0.05) is 24.2 Å². The van der Waals surface area contributed by atoms with Crippen molar-refractivity contribution in [3.05, 3.63) is 24.3 Å². The molecule has 0 spiro atoms. The molecule has 0 radical (unpaired) electrons. The number of amides is 1. The van der Waals surface area contributed by atoms with Crippen LogP contribution in [-0.4, -0.2) is 31.4 Å². The lowest BCUT2D eigenvalue weighted by molar-refractivity contribution is -0.120. The van der Waals surface area contributed by atoms with Gasteiger partial charge in [0.1, 0.15) is 0 Å². The van der Waals surface area contributed by atoms with Crippen molar-refractivity contribution in [2.45, 2.75) is 17.1 Å². The molecule has 0 bridgehead atoms. The maximum absolute atomic E-state index is 11.7. The summed E-state index contributed by atoms with van der Waals surface area (Å²) in [6.45, 7) is 2.95. The van der Waals surface area contributed by atoms with Crippen molar-refractivity contribution in [2.75, 3.05) is 26.0 Å². The third-order valence-electron chi connectivity index (χ3n) is 2.17. The van der Waals surface area contributed by atoms with Crippen molar-refractivity contribution in [3.63, 3.8) is 0 Å². The van der Waals surface area contributed by atoms with Gasteiger partial charge in [0.05, 0.1) is 11.9 Å². The number of carbonyl (C=O) groups excluding carboxylic acids is 1. The molecular formula is C12H18N2O2S. The second-order valence-corrected chi connectivity index (χ2v) is 5.03. The molecule has 0 aliphatic heterocycles. The van der Waals surface area contributed by atoms with Crippen LogP contribution >= 0.6 is 11.8 Å². The summed E-state index contributed by atoms with van der Waals surface area (Å²) in [5.41, 5.74) is 6.32. The van der Waals surface area contributed by atoms with Crippen molar-refractivity contribution in [2.24, 2.45) is 0 Å². The van der Waals surface area contributed by atoms with Crippen LogP contribution in [0.1, 0.15) is 6.92 Å². The lowest BCUT2D eigenvalue weighted by atomic mass is 10.3. The molecule has 1 rings (SSSR count). The Morgan fingerprint density at radius 2 is 2.12 bits per heavy atom. The molecule has 1 aromatic rings. The Bertz CT molecular complexity index is 354. The highest BCUT2D eigenvalue weighted by Gasteiger charge is 2.13. The Labute approximate surface area is 106 Å². The number of carbonyl (C=O) groups is 1. The molecule has 17 heavy (non-hydrogen) atoms. The molecule has 0 aromatic heterocycles. The highest BCUT2D eigenvalue weighted by molar-refractivity contribution is 8.00. The fourth-order valence-electron chi connectivity index (χ4n) is 1.22. The SMILES string of the molecule is COCCNC(=O)C(C)Sc1ccc(N)cc1. The van der Waals surface area contributed by atoms with Crippen molar-refractivity contribution < 1.29 is 9.53 Å². The first-order valence-corrected chi connectivity index (χ1v) is 6.30. The van der Waals surface area contributed by atoms with Gasteiger partial charge in [0.2, 0.25) is 5.91 Å². The quantitative estimate of drug-likeness (QED) is 0.459. The minimum absolute atomic E-state index is 0.0175. The lowest BCUT2D eigenvalue weighted by Crippen LogP contribution is -2.33. The van der Waals surface area contributed by atoms with Crippen LogP contribution in [0.15, 0.2) is 29.2 Å². The summed E-state index contributed by atoms with van der Waals surface area (Å²) in [5.74, 6) is 0.0175. The number of methoxy groups -OCH3 is 1. The van der Waals surface area contributed by atoms with E-state index in [0.717, 1.165) is 10.6 Å². The smallest absolute Gasteiger partial charge is 0.233 e. The van der Waals surface area contributed by atoms with E-state index in [2.05, 4.69) is 5.32 Å². The zero-order valence-electron chi connectivity index (χ0n) is 10.1. The largest absolute Gasteiger partial charge is 0.399 e. The summed E-state index contributed by atoms with van der Waals surface area (Å²) in [7, 11) is 1.61. The molecular weight excluding hydrogens is 236 g/mol. The van der Waals surface area contributed by atoms with Crippen LogP contribution < -0.4 is 11.1 Å². The summed E-state index contributed by atoms with van der Waals surface area (Å²) in [5, 5.41) is 2.68. The average molecular weight is 254 g/mol. The molecule has 0 aliphatic carbocycles. The Kier molecular flexibility index (Phi) is 5.86. The summed E-state index contributed by atoms with van der Waals surface area (Å²) in [6.07, 6.45) is 0. The number of hydrogen-bond donors (Lipinski definition) is 2. The third kappa shape index (κ3) is 5.10. The van der Waals surface area contributed by atoms with E-state index in [1.807, 2.05) is 31.2 Å². The normalized spacial score (nSPS) is 12.1.